The lowest BCUT2D eigenvalue weighted by Gasteiger charge is -2.08. The highest BCUT2D eigenvalue weighted by Gasteiger charge is 2.15. The van der Waals surface area contributed by atoms with Gasteiger partial charge in [-0.15, -0.1) is 0 Å². The first-order valence-corrected chi connectivity index (χ1v) is 6.02. The topological polar surface area (TPSA) is 0 Å². The maximum absolute atomic E-state index is 2.24. The van der Waals surface area contributed by atoms with Gasteiger partial charge in [0, 0.05) is 0 Å². The number of rotatable bonds is 0. The Morgan fingerprint density at radius 1 is 0.529 bits per heavy atom. The highest BCUT2D eigenvalue weighted by atomic mass is 14.2. The van der Waals surface area contributed by atoms with E-state index in [0.29, 0.717) is 0 Å². The molecule has 2 aliphatic carbocycles. The van der Waals surface area contributed by atoms with Crippen molar-refractivity contribution >= 4 is 24.3 Å². The number of hydrogen-bond donors (Lipinski definition) is 0. The lowest BCUT2D eigenvalue weighted by molar-refractivity contribution is 1.18. The first-order chi connectivity index (χ1) is 8.42. The van der Waals surface area contributed by atoms with Crippen LogP contribution in [0.4, 0.5) is 0 Å². The molecule has 80 valence electrons. The average molecular weight is 216 g/mol. The van der Waals surface area contributed by atoms with Crippen molar-refractivity contribution in [3.8, 4) is 0 Å². The molecule has 0 atom stereocenters. The van der Waals surface area contributed by atoms with Crippen molar-refractivity contribution in [1.82, 2.24) is 0 Å². The third-order valence-electron chi connectivity index (χ3n) is 3.74. The Morgan fingerprint density at radius 2 is 0.882 bits per heavy atom. The summed E-state index contributed by atoms with van der Waals surface area (Å²) in [6.45, 7) is 0. The van der Waals surface area contributed by atoms with Crippen LogP contribution in [0, 0.1) is 0 Å². The third kappa shape index (κ3) is 1.24. The monoisotopic (exact) mass is 216 g/mol. The highest BCUT2D eigenvalue weighted by Crippen LogP contribution is 2.33. The maximum atomic E-state index is 2.24. The minimum Gasteiger partial charge on any atom is -0.0611 e. The fraction of sp³-hybridized carbons (Fsp3) is 0.0588. The molecule has 0 saturated carbocycles. The van der Waals surface area contributed by atoms with Gasteiger partial charge in [0.15, 0.2) is 0 Å². The smallest absolute Gasteiger partial charge is 0.000200 e. The van der Waals surface area contributed by atoms with Crippen molar-refractivity contribution in [1.29, 1.82) is 0 Å². The summed E-state index contributed by atoms with van der Waals surface area (Å²) in [6.07, 6.45) is 10.0. The molecular weight excluding hydrogens is 204 g/mol. The van der Waals surface area contributed by atoms with Gasteiger partial charge in [-0.1, -0.05) is 60.7 Å². The van der Waals surface area contributed by atoms with Crippen LogP contribution in [0.5, 0.6) is 0 Å². The summed E-state index contributed by atoms with van der Waals surface area (Å²) in [5.41, 5.74) is 8.35. The second-order valence-corrected chi connectivity index (χ2v) is 4.67. The summed E-state index contributed by atoms with van der Waals surface area (Å²) < 4.78 is 0. The van der Waals surface area contributed by atoms with Crippen molar-refractivity contribution in [2.24, 2.45) is 0 Å². The van der Waals surface area contributed by atoms with Crippen LogP contribution in [-0.4, -0.2) is 0 Å². The van der Waals surface area contributed by atoms with Gasteiger partial charge in [-0.3, -0.25) is 0 Å². The van der Waals surface area contributed by atoms with Gasteiger partial charge >= 0.3 is 0 Å². The molecule has 0 saturated heterocycles. The van der Waals surface area contributed by atoms with E-state index < -0.39 is 0 Å². The molecule has 2 bridgehead atoms. The van der Waals surface area contributed by atoms with E-state index in [1.807, 2.05) is 0 Å². The molecule has 2 aromatic carbocycles. The molecule has 0 fully saturated rings. The summed E-state index contributed by atoms with van der Waals surface area (Å²) in [7, 11) is 0. The summed E-state index contributed by atoms with van der Waals surface area (Å²) >= 11 is 0. The van der Waals surface area contributed by atoms with Gasteiger partial charge in [-0.25, -0.2) is 0 Å². The summed E-state index contributed by atoms with van der Waals surface area (Å²) in [5, 5.41) is 0. The molecule has 2 aromatic rings. The van der Waals surface area contributed by atoms with Gasteiger partial charge < -0.3 is 0 Å². The van der Waals surface area contributed by atoms with E-state index in [2.05, 4.69) is 60.7 Å². The second-order valence-electron chi connectivity index (χ2n) is 4.67. The Bertz CT molecular complexity index is 564. The largest absolute Gasteiger partial charge is 0.0611 e. The zero-order valence-electron chi connectivity index (χ0n) is 9.48. The van der Waals surface area contributed by atoms with Crippen molar-refractivity contribution < 1.29 is 0 Å². The van der Waals surface area contributed by atoms with E-state index in [0.717, 1.165) is 6.42 Å². The molecule has 0 spiro atoms. The van der Waals surface area contributed by atoms with Gasteiger partial charge in [0.25, 0.3) is 0 Å². The van der Waals surface area contributed by atoms with E-state index >= 15 is 0 Å². The zero-order chi connectivity index (χ0) is 11.2. The molecule has 2 aliphatic rings. The van der Waals surface area contributed by atoms with Crippen molar-refractivity contribution in [2.45, 2.75) is 6.42 Å². The van der Waals surface area contributed by atoms with E-state index in [9.17, 15) is 0 Å². The number of benzene rings is 2. The maximum Gasteiger partial charge on any atom is -0.000200 e. The molecule has 0 aliphatic heterocycles. The van der Waals surface area contributed by atoms with Crippen LogP contribution in [0.3, 0.4) is 0 Å². The molecule has 0 amide bonds. The first-order valence-electron chi connectivity index (χ1n) is 6.02. The van der Waals surface area contributed by atoms with Crippen LogP contribution < -0.4 is 0 Å². The van der Waals surface area contributed by atoms with Gasteiger partial charge in [0.1, 0.15) is 0 Å². The van der Waals surface area contributed by atoms with Crippen molar-refractivity contribution in [3.05, 3.63) is 69.8 Å². The Balaban J connectivity index is 2.15. The van der Waals surface area contributed by atoms with E-state index in [-0.39, 0.29) is 0 Å². The summed E-state index contributed by atoms with van der Waals surface area (Å²) in [5.74, 6) is 0. The molecule has 4 rings (SSSR count). The van der Waals surface area contributed by atoms with E-state index in [4.69, 9.17) is 0 Å². The molecular formula is C17H12. The molecule has 0 heteroatoms. The Labute approximate surface area is 101 Å². The minimum absolute atomic E-state index is 1.05. The Kier molecular flexibility index (Phi) is 1.70. The van der Waals surface area contributed by atoms with Crippen LogP contribution >= 0.6 is 0 Å². The fourth-order valence-corrected chi connectivity index (χ4v) is 2.82. The molecule has 0 radical (unpaired) electrons. The summed E-state index contributed by atoms with van der Waals surface area (Å²) in [4.78, 5) is 0. The molecule has 0 unspecified atom stereocenters. The van der Waals surface area contributed by atoms with Gasteiger partial charge in [0.2, 0.25) is 0 Å². The molecule has 0 nitrogen and oxygen atoms in total. The highest BCUT2D eigenvalue weighted by molar-refractivity contribution is 5.85. The summed E-state index contributed by atoms with van der Waals surface area (Å²) in [6, 6.07) is 13.1. The van der Waals surface area contributed by atoms with Crippen molar-refractivity contribution in [2.75, 3.05) is 0 Å². The normalized spacial score (nSPS) is 14.4. The molecule has 0 heterocycles. The SMILES string of the molecule is C1=Cc2cccc3c2Cc2c1cccc2C=C3. The average Bonchev–Trinajstić information content (AvgIpc) is 2.67. The van der Waals surface area contributed by atoms with Crippen LogP contribution in [-0.2, 0) is 6.42 Å². The van der Waals surface area contributed by atoms with E-state index in [1.54, 1.807) is 0 Å². The van der Waals surface area contributed by atoms with Gasteiger partial charge in [-0.2, -0.15) is 0 Å². The van der Waals surface area contributed by atoms with Crippen LogP contribution in [0.25, 0.3) is 24.3 Å². The molecule has 0 N–H and O–H groups in total. The lowest BCUT2D eigenvalue weighted by Crippen LogP contribution is -1.95. The van der Waals surface area contributed by atoms with E-state index in [1.165, 1.54) is 33.4 Å². The second kappa shape index (κ2) is 3.21. The van der Waals surface area contributed by atoms with Gasteiger partial charge in [-0.05, 0) is 39.8 Å². The zero-order valence-corrected chi connectivity index (χ0v) is 9.48. The minimum atomic E-state index is 1.05. The third-order valence-corrected chi connectivity index (χ3v) is 3.74. The first kappa shape index (κ1) is 9.00. The van der Waals surface area contributed by atoms with Crippen molar-refractivity contribution in [3.63, 3.8) is 0 Å². The molecule has 0 aromatic heterocycles. The van der Waals surface area contributed by atoms with Gasteiger partial charge in [0.05, 0.1) is 0 Å². The Morgan fingerprint density at radius 3 is 1.24 bits per heavy atom. The van der Waals surface area contributed by atoms with Crippen LogP contribution in [0.2, 0.25) is 0 Å². The standard InChI is InChI=1S/C17H12/c1-3-12-7-9-14-5-2-6-15-10-8-13(4-1)16(12)11-17(14)15/h1-10H,11H2. The van der Waals surface area contributed by atoms with Crippen LogP contribution in [0.1, 0.15) is 33.4 Å². The number of hydrogen-bond acceptors (Lipinski definition) is 0. The fourth-order valence-electron chi connectivity index (χ4n) is 2.82. The predicted octanol–water partition coefficient (Wildman–Crippen LogP) is 4.25. The Hall–Kier alpha value is -2.08. The molecule has 17 heavy (non-hydrogen) atoms. The predicted molar refractivity (Wildman–Crippen MR) is 73.5 cm³/mol. The lowest BCUT2D eigenvalue weighted by atomic mass is 9.95. The van der Waals surface area contributed by atoms with Crippen LogP contribution in [0.15, 0.2) is 36.4 Å². The quantitative estimate of drug-likeness (QED) is 0.412.